The van der Waals surface area contributed by atoms with Crippen molar-refractivity contribution in [2.45, 2.75) is 82.7 Å². The molecule has 1 saturated carbocycles. The van der Waals surface area contributed by atoms with E-state index in [-0.39, 0.29) is 17.9 Å². The fourth-order valence-electron chi connectivity index (χ4n) is 4.49. The fourth-order valence-corrected chi connectivity index (χ4v) is 4.49. The van der Waals surface area contributed by atoms with Crippen molar-refractivity contribution < 1.29 is 14.7 Å². The normalized spacial score (nSPS) is 17.2. The lowest BCUT2D eigenvalue weighted by atomic mass is 9.97. The Morgan fingerprint density at radius 1 is 0.758 bits per heavy atom. The number of aliphatic hydroxyl groups is 1. The zero-order valence-electron chi connectivity index (χ0n) is 19.6. The summed E-state index contributed by atoms with van der Waals surface area (Å²) in [6.07, 6.45) is 13.0. The van der Waals surface area contributed by atoms with Crippen molar-refractivity contribution in [1.82, 2.24) is 10.6 Å². The molecule has 2 aromatic rings. The lowest BCUT2D eigenvalue weighted by molar-refractivity contribution is -0.124. The van der Waals surface area contributed by atoms with E-state index in [4.69, 9.17) is 0 Å². The Kier molecular flexibility index (Phi) is 10.4. The van der Waals surface area contributed by atoms with Crippen molar-refractivity contribution in [2.24, 2.45) is 0 Å². The highest BCUT2D eigenvalue weighted by Gasteiger charge is 2.23. The Morgan fingerprint density at radius 2 is 1.27 bits per heavy atom. The van der Waals surface area contributed by atoms with Crippen LogP contribution in [0.1, 0.15) is 81.0 Å². The molecule has 0 aliphatic heterocycles. The molecule has 3 N–H and O–H groups in total. The van der Waals surface area contributed by atoms with E-state index in [1.54, 1.807) is 12.1 Å². The monoisotopic (exact) mass is 450 g/mol. The van der Waals surface area contributed by atoms with Gasteiger partial charge in [0.2, 0.25) is 5.91 Å². The molecule has 5 heteroatoms. The number of rotatable bonds is 6. The van der Waals surface area contributed by atoms with Crippen molar-refractivity contribution >= 4 is 11.8 Å². The third-order valence-corrected chi connectivity index (χ3v) is 6.51. The quantitative estimate of drug-likeness (QED) is 0.564. The van der Waals surface area contributed by atoms with Gasteiger partial charge in [-0.3, -0.25) is 9.59 Å². The number of hydrogen-bond donors (Lipinski definition) is 3. The number of nitrogens with one attached hydrogen (secondary N) is 2. The van der Waals surface area contributed by atoms with E-state index in [0.717, 1.165) is 36.8 Å². The molecule has 1 atom stereocenters. The van der Waals surface area contributed by atoms with Crippen LogP contribution < -0.4 is 10.6 Å². The van der Waals surface area contributed by atoms with Gasteiger partial charge in [0.1, 0.15) is 6.04 Å². The largest absolute Gasteiger partial charge is 0.394 e. The van der Waals surface area contributed by atoms with Crippen LogP contribution in [0, 0.1) is 0 Å². The van der Waals surface area contributed by atoms with Crippen molar-refractivity contribution in [3.63, 3.8) is 0 Å². The molecule has 0 radical (unpaired) electrons. The van der Waals surface area contributed by atoms with E-state index >= 15 is 0 Å². The van der Waals surface area contributed by atoms with Crippen molar-refractivity contribution in [3.05, 3.63) is 60.2 Å². The first-order chi connectivity index (χ1) is 16.2. The maximum Gasteiger partial charge on any atom is 0.251 e. The lowest BCUT2D eigenvalue weighted by Crippen LogP contribution is -2.51. The molecule has 0 heterocycles. The van der Waals surface area contributed by atoms with E-state index in [2.05, 4.69) is 10.6 Å². The third kappa shape index (κ3) is 8.32. The van der Waals surface area contributed by atoms with Gasteiger partial charge >= 0.3 is 0 Å². The zero-order valence-corrected chi connectivity index (χ0v) is 19.6. The van der Waals surface area contributed by atoms with Gasteiger partial charge in [-0.2, -0.15) is 0 Å². The average Bonchev–Trinajstić information content (AvgIpc) is 2.84. The highest BCUT2D eigenvalue weighted by atomic mass is 16.3. The SMILES string of the molecule is O=C(N[C@@H](CO)C(=O)NC1CCCCCCCCCCC1)c1ccc(-c2ccccc2)cc1. The molecule has 178 valence electrons. The predicted octanol–water partition coefficient (Wildman–Crippen LogP) is 5.23. The summed E-state index contributed by atoms with van der Waals surface area (Å²) in [4.78, 5) is 25.5. The molecule has 2 aromatic carbocycles. The molecular formula is C28H38N2O3. The number of hydrogen-bond acceptors (Lipinski definition) is 3. The van der Waals surface area contributed by atoms with Crippen LogP contribution in [-0.4, -0.2) is 35.6 Å². The van der Waals surface area contributed by atoms with Gasteiger partial charge < -0.3 is 15.7 Å². The number of aliphatic hydroxyl groups excluding tert-OH is 1. The highest BCUT2D eigenvalue weighted by Crippen LogP contribution is 2.20. The van der Waals surface area contributed by atoms with E-state index in [1.807, 2.05) is 42.5 Å². The number of amides is 2. The van der Waals surface area contributed by atoms with Crippen LogP contribution in [0.2, 0.25) is 0 Å². The summed E-state index contributed by atoms with van der Waals surface area (Å²) >= 11 is 0. The minimum atomic E-state index is -0.951. The van der Waals surface area contributed by atoms with Gasteiger partial charge in [0.25, 0.3) is 5.91 Å². The molecule has 1 aliphatic carbocycles. The lowest BCUT2D eigenvalue weighted by Gasteiger charge is -2.23. The molecule has 5 nitrogen and oxygen atoms in total. The van der Waals surface area contributed by atoms with Crippen LogP contribution in [-0.2, 0) is 4.79 Å². The standard InChI is InChI=1S/C28H38N2O3/c31-21-26(28(33)29-25-15-11-6-4-2-1-3-5-7-12-16-25)30-27(32)24-19-17-23(18-20-24)22-13-9-8-10-14-22/h8-10,13-14,17-20,25-26,31H,1-7,11-12,15-16,21H2,(H,29,33)(H,30,32)/t26-/m0/s1. The Morgan fingerprint density at radius 3 is 1.82 bits per heavy atom. The molecule has 0 bridgehead atoms. The second kappa shape index (κ2) is 13.8. The van der Waals surface area contributed by atoms with Gasteiger partial charge in [0, 0.05) is 11.6 Å². The van der Waals surface area contributed by atoms with Gasteiger partial charge in [-0.25, -0.2) is 0 Å². The number of carbonyl (C=O) groups excluding carboxylic acids is 2. The topological polar surface area (TPSA) is 78.4 Å². The fraction of sp³-hybridized carbons (Fsp3) is 0.500. The molecule has 0 saturated heterocycles. The van der Waals surface area contributed by atoms with E-state index in [9.17, 15) is 14.7 Å². The molecule has 1 fully saturated rings. The Bertz CT molecular complexity index is 839. The molecule has 0 unspecified atom stereocenters. The molecule has 0 spiro atoms. The smallest absolute Gasteiger partial charge is 0.251 e. The molecule has 3 rings (SSSR count). The van der Waals surface area contributed by atoms with Crippen LogP contribution in [0.5, 0.6) is 0 Å². The van der Waals surface area contributed by atoms with Gasteiger partial charge in [-0.15, -0.1) is 0 Å². The molecule has 0 aromatic heterocycles. The van der Waals surface area contributed by atoms with Crippen LogP contribution in [0.15, 0.2) is 54.6 Å². The summed E-state index contributed by atoms with van der Waals surface area (Å²) in [5.74, 6) is -0.661. The summed E-state index contributed by atoms with van der Waals surface area (Å²) in [6.45, 7) is -0.424. The van der Waals surface area contributed by atoms with Gasteiger partial charge in [0.15, 0.2) is 0 Å². The number of benzene rings is 2. The Hall–Kier alpha value is -2.66. The van der Waals surface area contributed by atoms with Crippen LogP contribution >= 0.6 is 0 Å². The maximum atomic E-state index is 12.8. The first-order valence-corrected chi connectivity index (χ1v) is 12.5. The molecule has 2 amide bonds. The van der Waals surface area contributed by atoms with Gasteiger partial charge in [-0.1, -0.05) is 100 Å². The van der Waals surface area contributed by atoms with E-state index in [1.165, 1.54) is 44.9 Å². The molecular weight excluding hydrogens is 412 g/mol. The predicted molar refractivity (Wildman–Crippen MR) is 133 cm³/mol. The second-order valence-electron chi connectivity index (χ2n) is 9.12. The zero-order chi connectivity index (χ0) is 23.3. The van der Waals surface area contributed by atoms with E-state index < -0.39 is 12.6 Å². The van der Waals surface area contributed by atoms with Crippen LogP contribution in [0.25, 0.3) is 11.1 Å². The summed E-state index contributed by atoms with van der Waals surface area (Å²) < 4.78 is 0. The summed E-state index contributed by atoms with van der Waals surface area (Å²) in [5, 5.41) is 15.6. The Balaban J connectivity index is 1.54. The molecule has 33 heavy (non-hydrogen) atoms. The second-order valence-corrected chi connectivity index (χ2v) is 9.12. The van der Waals surface area contributed by atoms with Gasteiger partial charge in [-0.05, 0) is 36.1 Å². The maximum absolute atomic E-state index is 12.8. The number of carbonyl (C=O) groups is 2. The average molecular weight is 451 g/mol. The van der Waals surface area contributed by atoms with Gasteiger partial charge in [0.05, 0.1) is 6.61 Å². The summed E-state index contributed by atoms with van der Waals surface area (Å²) in [6, 6.07) is 16.4. The van der Waals surface area contributed by atoms with Crippen LogP contribution in [0.3, 0.4) is 0 Å². The minimum absolute atomic E-state index is 0.105. The minimum Gasteiger partial charge on any atom is -0.394 e. The Labute approximate surface area is 198 Å². The summed E-state index contributed by atoms with van der Waals surface area (Å²) in [5.41, 5.74) is 2.56. The highest BCUT2D eigenvalue weighted by molar-refractivity contribution is 5.98. The van der Waals surface area contributed by atoms with Crippen molar-refractivity contribution in [1.29, 1.82) is 0 Å². The van der Waals surface area contributed by atoms with Crippen LogP contribution in [0.4, 0.5) is 0 Å². The van der Waals surface area contributed by atoms with Crippen molar-refractivity contribution in [2.75, 3.05) is 6.61 Å². The first-order valence-electron chi connectivity index (χ1n) is 12.5. The van der Waals surface area contributed by atoms with Crippen molar-refractivity contribution in [3.8, 4) is 11.1 Å². The molecule has 1 aliphatic rings. The third-order valence-electron chi connectivity index (χ3n) is 6.51. The summed E-state index contributed by atoms with van der Waals surface area (Å²) in [7, 11) is 0. The first kappa shape index (κ1) is 25.0. The van der Waals surface area contributed by atoms with E-state index in [0.29, 0.717) is 5.56 Å².